The summed E-state index contributed by atoms with van der Waals surface area (Å²) >= 11 is 13.9. The third-order valence-electron chi connectivity index (χ3n) is 9.40. The fraction of sp³-hybridized carbons (Fsp3) is 0.523. The van der Waals surface area contributed by atoms with E-state index in [2.05, 4.69) is 139 Å². The Kier molecular flexibility index (Phi) is 22.2. The third kappa shape index (κ3) is 16.4. The molecule has 2 aromatic rings. The monoisotopic (exact) mass is 797 g/mol. The van der Waals surface area contributed by atoms with Crippen LogP contribution in [0, 0.1) is 11.8 Å². The molecule has 2 aromatic carbocycles. The van der Waals surface area contributed by atoms with E-state index in [1.165, 1.54) is 34.1 Å². The highest BCUT2D eigenvalue weighted by Gasteiger charge is 2.39. The number of anilines is 2. The summed E-state index contributed by atoms with van der Waals surface area (Å²) in [7, 11) is 0. The highest BCUT2D eigenvalue weighted by Crippen LogP contribution is 2.49. The van der Waals surface area contributed by atoms with Gasteiger partial charge in [0, 0.05) is 50.7 Å². The molecule has 0 unspecified atom stereocenters. The van der Waals surface area contributed by atoms with Crippen LogP contribution in [0.2, 0.25) is 10.0 Å². The van der Waals surface area contributed by atoms with Crippen LogP contribution in [0.15, 0.2) is 99.0 Å². The van der Waals surface area contributed by atoms with Gasteiger partial charge in [-0.15, -0.1) is 16.9 Å². The fourth-order valence-corrected chi connectivity index (χ4v) is 6.66. The van der Waals surface area contributed by atoms with Crippen LogP contribution < -0.4 is 16.5 Å². The van der Waals surface area contributed by atoms with Crippen LogP contribution in [0.3, 0.4) is 0 Å². The fourth-order valence-electron chi connectivity index (χ4n) is 5.62. The maximum Gasteiger partial charge on any atom is 0.105 e. The van der Waals surface area contributed by atoms with E-state index in [9.17, 15) is 0 Å². The molecule has 300 valence electrons. The van der Waals surface area contributed by atoms with E-state index in [1.54, 1.807) is 11.8 Å². The summed E-state index contributed by atoms with van der Waals surface area (Å²) in [6, 6.07) is 11.9. The van der Waals surface area contributed by atoms with Gasteiger partial charge in [-0.25, -0.2) is 11.0 Å². The van der Waals surface area contributed by atoms with Crippen molar-refractivity contribution in [3.05, 3.63) is 105 Å². The average molecular weight is 799 g/mol. The molecule has 1 aliphatic rings. The van der Waals surface area contributed by atoms with Gasteiger partial charge < -0.3 is 10.6 Å². The molecule has 0 aromatic heterocycles. The summed E-state index contributed by atoms with van der Waals surface area (Å²) in [4.78, 5) is 3.44. The highest BCUT2D eigenvalue weighted by molar-refractivity contribution is 8.03. The molecule has 1 aliphatic heterocycles. The van der Waals surface area contributed by atoms with Gasteiger partial charge in [-0.3, -0.25) is 0 Å². The molecule has 0 fully saturated rings. The second-order valence-corrected chi connectivity index (χ2v) is 17.5. The van der Waals surface area contributed by atoms with Gasteiger partial charge in [0.25, 0.3) is 0 Å². The van der Waals surface area contributed by atoms with E-state index in [0.717, 1.165) is 70.8 Å². The molecule has 3 rings (SSSR count). The van der Waals surface area contributed by atoms with E-state index in [4.69, 9.17) is 34.8 Å². The lowest BCUT2D eigenvalue weighted by Gasteiger charge is -2.27. The Morgan fingerprint density at radius 3 is 2.26 bits per heavy atom. The van der Waals surface area contributed by atoms with E-state index in [0.29, 0.717) is 11.8 Å². The number of rotatable bonds is 17. The smallest absolute Gasteiger partial charge is 0.105 e. The Labute approximate surface area is 343 Å². The van der Waals surface area contributed by atoms with Crippen LogP contribution in [0.4, 0.5) is 11.4 Å². The van der Waals surface area contributed by atoms with Gasteiger partial charge in [-0.2, -0.15) is 0 Å². The molecule has 0 amide bonds. The maximum absolute atomic E-state index is 6.39. The topological polar surface area (TPSA) is 95.6 Å². The minimum Gasteiger partial charge on any atom is -0.398 e. The number of allylic oxidation sites excluding steroid dienone is 6. The number of thioether (sulfide) groups is 1. The minimum absolute atomic E-state index is 0.0293. The lowest BCUT2D eigenvalue weighted by molar-refractivity contribution is 0.327. The Bertz CT molecular complexity index is 1590. The molecule has 4 N–H and O–H groups in total. The zero-order valence-corrected chi connectivity index (χ0v) is 37.4. The molecule has 0 atom stereocenters. The second-order valence-electron chi connectivity index (χ2n) is 15.6. The number of nitrogens with zero attached hydrogens (tertiary/aromatic N) is 5. The van der Waals surface area contributed by atoms with Crippen molar-refractivity contribution in [3.8, 4) is 0 Å². The molecule has 1 heterocycles. The summed E-state index contributed by atoms with van der Waals surface area (Å²) in [5.41, 5.74) is 12.8. The van der Waals surface area contributed by atoms with Crippen LogP contribution in [0.25, 0.3) is 0 Å². The summed E-state index contributed by atoms with van der Waals surface area (Å²) in [5, 5.41) is 13.3. The zero-order valence-electron chi connectivity index (χ0n) is 35.1. The lowest BCUT2D eigenvalue weighted by atomic mass is 9.80. The van der Waals surface area contributed by atoms with E-state index < -0.39 is 0 Å². The van der Waals surface area contributed by atoms with Crippen molar-refractivity contribution in [3.63, 3.8) is 0 Å². The molecule has 54 heavy (non-hydrogen) atoms. The van der Waals surface area contributed by atoms with Gasteiger partial charge >= 0.3 is 0 Å². The number of hydrazine groups is 1. The first-order valence-corrected chi connectivity index (χ1v) is 21.0. The van der Waals surface area contributed by atoms with Crippen molar-refractivity contribution in [2.75, 3.05) is 23.1 Å². The summed E-state index contributed by atoms with van der Waals surface area (Å²) in [5.74, 6) is 7.76. The molecule has 7 nitrogen and oxygen atoms in total. The Balaban J connectivity index is 0.000000598. The molecule has 0 bridgehead atoms. The van der Waals surface area contributed by atoms with Gasteiger partial charge in [-0.1, -0.05) is 130 Å². The predicted octanol–water partition coefficient (Wildman–Crippen LogP) is 14.1. The van der Waals surface area contributed by atoms with Crippen molar-refractivity contribution in [2.24, 2.45) is 33.2 Å². The summed E-state index contributed by atoms with van der Waals surface area (Å²) < 4.78 is 0. The third-order valence-corrected chi connectivity index (χ3v) is 10.9. The molecular formula is C44H69Cl2N7S. The normalized spacial score (nSPS) is 14.7. The van der Waals surface area contributed by atoms with Gasteiger partial charge in [0.1, 0.15) is 5.88 Å². The van der Waals surface area contributed by atoms with Gasteiger partial charge in [-0.05, 0) is 119 Å². The highest BCUT2D eigenvalue weighted by atomic mass is 35.5. The maximum atomic E-state index is 6.39. The number of hydrogen-bond acceptors (Lipinski definition) is 6. The van der Waals surface area contributed by atoms with Crippen LogP contribution in [-0.2, 0) is 10.8 Å². The summed E-state index contributed by atoms with van der Waals surface area (Å²) in [6.07, 6.45) is 15.3. The first-order valence-electron chi connectivity index (χ1n) is 19.2. The van der Waals surface area contributed by atoms with Gasteiger partial charge in [0.15, 0.2) is 0 Å². The second kappa shape index (κ2) is 24.5. The van der Waals surface area contributed by atoms with Crippen molar-refractivity contribution in [2.45, 2.75) is 126 Å². The number of benzene rings is 2. The van der Waals surface area contributed by atoms with Crippen LogP contribution in [0.5, 0.6) is 0 Å². The predicted molar refractivity (Wildman–Crippen MR) is 242 cm³/mol. The Morgan fingerprint density at radius 2 is 1.69 bits per heavy atom. The number of nitrogen functional groups attached to an aromatic ring is 1. The molecular weight excluding hydrogens is 730 g/mol. The van der Waals surface area contributed by atoms with Crippen LogP contribution in [0.1, 0.15) is 126 Å². The molecule has 0 saturated carbocycles. The SMILES string of the molecule is C/C=C/CC(C)(C)c1cc(Cl)ccc1N.C=N/N=N\N(N)CSC(=C)/C(=C/C=C1/N(CCC(C)C)c2ccc(Cl)cc2C1(C)C)CCCC.CCC(C)C. The standard InChI is InChI=1S/C26H39ClN6S.C13H18ClN.C5H12/c1-8-9-10-21(20(4)34-18-33(28)31-30-29-7)11-14-25-26(5,6)23-17-22(27)12-13-24(23)32(25)16-15-19(2)3;1-4-5-8-13(2,3)11-9-10(14)6-7-12(11)15;1-4-5(2)3/h11-14,17,19H,4,7-10,15-16,18,28H2,1-3,5-6H3;4-7,9H,8,15H2,1-3H3;5H,4H2,1-3H3/b21-11+,25-14+,31-30-;5-4+;. The Morgan fingerprint density at radius 1 is 1.06 bits per heavy atom. The number of unbranched alkanes of at least 4 members (excludes halogenated alkanes) is 1. The van der Waals surface area contributed by atoms with Gasteiger partial charge in [0.2, 0.25) is 0 Å². The van der Waals surface area contributed by atoms with Crippen molar-refractivity contribution in [1.29, 1.82) is 0 Å². The summed E-state index contributed by atoms with van der Waals surface area (Å²) in [6.45, 7) is 32.9. The average Bonchev–Trinajstić information content (AvgIpc) is 3.33. The first-order chi connectivity index (χ1) is 25.4. The number of halogens is 2. The van der Waals surface area contributed by atoms with E-state index in [-0.39, 0.29) is 10.8 Å². The van der Waals surface area contributed by atoms with Crippen molar-refractivity contribution < 1.29 is 0 Å². The van der Waals surface area contributed by atoms with Crippen LogP contribution >= 0.6 is 35.0 Å². The van der Waals surface area contributed by atoms with E-state index in [1.807, 2.05) is 31.2 Å². The van der Waals surface area contributed by atoms with Crippen molar-refractivity contribution in [1.82, 2.24) is 5.12 Å². The lowest BCUT2D eigenvalue weighted by Crippen LogP contribution is -2.27. The quantitative estimate of drug-likeness (QED) is 0.0243. The molecule has 0 aliphatic carbocycles. The van der Waals surface area contributed by atoms with Crippen LogP contribution in [-0.4, -0.2) is 24.3 Å². The largest absolute Gasteiger partial charge is 0.398 e. The zero-order chi connectivity index (χ0) is 41.1. The molecule has 10 heteroatoms. The van der Waals surface area contributed by atoms with Gasteiger partial charge in [0.05, 0.1) is 0 Å². The number of fused-ring (bicyclic) bond motifs is 1. The van der Waals surface area contributed by atoms with Crippen molar-refractivity contribution >= 4 is 53.1 Å². The first kappa shape index (κ1) is 49.0. The number of nitrogens with two attached hydrogens (primary N) is 2. The Hall–Kier alpha value is -3.04. The molecule has 0 radical (unpaired) electrons. The number of hydrogen-bond donors (Lipinski definition) is 2. The van der Waals surface area contributed by atoms with E-state index >= 15 is 0 Å². The molecule has 0 saturated heterocycles. The molecule has 0 spiro atoms. The minimum atomic E-state index is -0.149.